The Hall–Kier alpha value is -4.24. The quantitative estimate of drug-likeness (QED) is 0.370. The van der Waals surface area contributed by atoms with Crippen LogP contribution in [-0.4, -0.2) is 36.5 Å². The highest BCUT2D eigenvalue weighted by Crippen LogP contribution is 2.34. The summed E-state index contributed by atoms with van der Waals surface area (Å²) in [5.74, 6) is -1.61. The lowest BCUT2D eigenvalue weighted by atomic mass is 10.1. The highest BCUT2D eigenvalue weighted by Gasteiger charge is 2.22. The second-order valence-electron chi connectivity index (χ2n) is 7.73. The smallest absolute Gasteiger partial charge is 0.354 e. The van der Waals surface area contributed by atoms with E-state index in [2.05, 4.69) is 9.97 Å². The number of aromatic amines is 1. The van der Waals surface area contributed by atoms with Crippen LogP contribution in [0, 0.1) is 5.82 Å². The van der Waals surface area contributed by atoms with Crippen LogP contribution < -0.4 is 4.31 Å². The molecule has 0 saturated carbocycles. The number of carbonyl (C=O) groups is 1. The SMILES string of the molecule is CN(c1ccc(-c2nc(C(=O)O)cc3c2[nH]c2cc(F)ccc23)cc1)S(=O)(=O)c1ccccc1. The van der Waals surface area contributed by atoms with Gasteiger partial charge in [-0.15, -0.1) is 0 Å². The van der Waals surface area contributed by atoms with E-state index in [0.717, 1.165) is 0 Å². The molecule has 0 spiro atoms. The fourth-order valence-corrected chi connectivity index (χ4v) is 5.13. The third kappa shape index (κ3) is 3.56. The molecule has 0 unspecified atom stereocenters. The minimum absolute atomic E-state index is 0.152. The highest BCUT2D eigenvalue weighted by molar-refractivity contribution is 7.92. The number of pyridine rings is 1. The standard InChI is InChI=1S/C25H18FN3O4S/c1-29(34(32,33)18-5-3-2-4-6-18)17-10-7-15(8-11-17)23-24-20(14-22(28-23)25(30)31)19-12-9-16(26)13-21(19)27-24/h2-14,27H,1H3,(H,30,31). The van der Waals surface area contributed by atoms with Gasteiger partial charge < -0.3 is 10.1 Å². The fourth-order valence-electron chi connectivity index (χ4n) is 3.91. The molecular formula is C25H18FN3O4S. The van der Waals surface area contributed by atoms with Crippen LogP contribution in [0.3, 0.4) is 0 Å². The molecule has 2 N–H and O–H groups in total. The van der Waals surface area contributed by atoms with Gasteiger partial charge >= 0.3 is 5.97 Å². The van der Waals surface area contributed by atoms with Crippen molar-refractivity contribution in [3.05, 3.63) is 90.4 Å². The molecule has 0 fully saturated rings. The van der Waals surface area contributed by atoms with Crippen LogP contribution in [0.1, 0.15) is 10.5 Å². The van der Waals surface area contributed by atoms with Crippen molar-refractivity contribution < 1.29 is 22.7 Å². The predicted molar refractivity (Wildman–Crippen MR) is 128 cm³/mol. The van der Waals surface area contributed by atoms with Gasteiger partial charge in [0.15, 0.2) is 0 Å². The van der Waals surface area contributed by atoms with E-state index in [1.165, 1.54) is 41.7 Å². The number of benzene rings is 3. The van der Waals surface area contributed by atoms with Crippen molar-refractivity contribution in [1.82, 2.24) is 9.97 Å². The Morgan fingerprint density at radius 2 is 1.68 bits per heavy atom. The van der Waals surface area contributed by atoms with Crippen LogP contribution in [0.4, 0.5) is 10.1 Å². The number of fused-ring (bicyclic) bond motifs is 3. The van der Waals surface area contributed by atoms with Crippen molar-refractivity contribution in [2.24, 2.45) is 0 Å². The molecule has 34 heavy (non-hydrogen) atoms. The van der Waals surface area contributed by atoms with Crippen LogP contribution in [0.5, 0.6) is 0 Å². The molecule has 9 heteroatoms. The van der Waals surface area contributed by atoms with Crippen LogP contribution in [0.25, 0.3) is 33.1 Å². The third-order valence-corrected chi connectivity index (χ3v) is 7.48. The van der Waals surface area contributed by atoms with Crippen molar-refractivity contribution in [2.45, 2.75) is 4.90 Å². The average Bonchev–Trinajstić information content (AvgIpc) is 3.21. The number of halogens is 1. The molecule has 0 aliphatic carbocycles. The zero-order valence-corrected chi connectivity index (χ0v) is 18.7. The van der Waals surface area contributed by atoms with Crippen LogP contribution >= 0.6 is 0 Å². The first-order chi connectivity index (χ1) is 16.3. The van der Waals surface area contributed by atoms with Crippen molar-refractivity contribution in [3.63, 3.8) is 0 Å². The second-order valence-corrected chi connectivity index (χ2v) is 9.70. The Bertz CT molecular complexity index is 1660. The topological polar surface area (TPSA) is 103 Å². The first-order valence-electron chi connectivity index (χ1n) is 10.3. The maximum absolute atomic E-state index is 13.8. The van der Waals surface area contributed by atoms with Gasteiger partial charge in [0.25, 0.3) is 10.0 Å². The van der Waals surface area contributed by atoms with Crippen LogP contribution in [0.15, 0.2) is 83.8 Å². The third-order valence-electron chi connectivity index (χ3n) is 5.68. The van der Waals surface area contributed by atoms with Gasteiger partial charge in [0, 0.05) is 28.9 Å². The molecule has 0 aliphatic rings. The summed E-state index contributed by atoms with van der Waals surface area (Å²) in [6.45, 7) is 0. The summed E-state index contributed by atoms with van der Waals surface area (Å²) in [6.07, 6.45) is 0. The van der Waals surface area contributed by atoms with Crippen molar-refractivity contribution >= 4 is 43.5 Å². The zero-order valence-electron chi connectivity index (χ0n) is 17.9. The maximum atomic E-state index is 13.8. The molecule has 5 rings (SSSR count). The monoisotopic (exact) mass is 475 g/mol. The van der Waals surface area contributed by atoms with E-state index in [4.69, 9.17) is 0 Å². The largest absolute Gasteiger partial charge is 0.477 e. The molecule has 0 radical (unpaired) electrons. The first kappa shape index (κ1) is 21.6. The van der Waals surface area contributed by atoms with E-state index < -0.39 is 21.8 Å². The lowest BCUT2D eigenvalue weighted by molar-refractivity contribution is 0.0691. The molecule has 3 aromatic carbocycles. The van der Waals surface area contributed by atoms with Gasteiger partial charge in [-0.25, -0.2) is 22.6 Å². The molecule has 2 heterocycles. The van der Waals surface area contributed by atoms with Gasteiger partial charge in [-0.05, 0) is 48.5 Å². The maximum Gasteiger partial charge on any atom is 0.354 e. The van der Waals surface area contributed by atoms with Crippen LogP contribution in [0.2, 0.25) is 0 Å². The zero-order chi connectivity index (χ0) is 24.0. The lowest BCUT2D eigenvalue weighted by Gasteiger charge is -2.19. The molecule has 0 atom stereocenters. The van der Waals surface area contributed by atoms with Crippen molar-refractivity contribution in [3.8, 4) is 11.3 Å². The van der Waals surface area contributed by atoms with Crippen LogP contribution in [-0.2, 0) is 10.0 Å². The summed E-state index contributed by atoms with van der Waals surface area (Å²) in [7, 11) is -2.28. The number of nitrogens with zero attached hydrogens (tertiary/aromatic N) is 2. The summed E-state index contributed by atoms with van der Waals surface area (Å²) >= 11 is 0. The number of carboxylic acids is 1. The fraction of sp³-hybridized carbons (Fsp3) is 0.0400. The van der Waals surface area contributed by atoms with E-state index in [1.54, 1.807) is 48.5 Å². The summed E-state index contributed by atoms with van der Waals surface area (Å²) in [6, 6.07) is 20.4. The number of aromatic nitrogens is 2. The lowest BCUT2D eigenvalue weighted by Crippen LogP contribution is -2.26. The average molecular weight is 476 g/mol. The number of anilines is 1. The normalized spacial score (nSPS) is 11.7. The molecule has 0 bridgehead atoms. The molecular weight excluding hydrogens is 457 g/mol. The Balaban J connectivity index is 1.62. The molecule has 0 amide bonds. The molecule has 5 aromatic rings. The minimum Gasteiger partial charge on any atom is -0.477 e. The Labute approximate surface area is 194 Å². The molecule has 2 aromatic heterocycles. The number of rotatable bonds is 5. The molecule has 0 saturated heterocycles. The Morgan fingerprint density at radius 1 is 0.971 bits per heavy atom. The number of nitrogens with one attached hydrogen (secondary N) is 1. The number of carboxylic acid groups (broad SMARTS) is 1. The highest BCUT2D eigenvalue weighted by atomic mass is 32.2. The van der Waals surface area contributed by atoms with E-state index >= 15 is 0 Å². The van der Waals surface area contributed by atoms with E-state index in [-0.39, 0.29) is 10.6 Å². The van der Waals surface area contributed by atoms with Gasteiger partial charge in [-0.2, -0.15) is 0 Å². The van der Waals surface area contributed by atoms with Crippen molar-refractivity contribution in [2.75, 3.05) is 11.4 Å². The van der Waals surface area contributed by atoms with Gasteiger partial charge in [0.2, 0.25) is 0 Å². The van der Waals surface area contributed by atoms with E-state index in [1.807, 2.05) is 0 Å². The summed E-state index contributed by atoms with van der Waals surface area (Å²) in [4.78, 5) is 19.3. The summed E-state index contributed by atoms with van der Waals surface area (Å²) < 4.78 is 40.8. The van der Waals surface area contributed by atoms with Crippen molar-refractivity contribution in [1.29, 1.82) is 0 Å². The number of hydrogen-bond donors (Lipinski definition) is 2. The Morgan fingerprint density at radius 3 is 2.35 bits per heavy atom. The molecule has 7 nitrogen and oxygen atoms in total. The molecule has 170 valence electrons. The van der Waals surface area contributed by atoms with Gasteiger partial charge in [-0.1, -0.05) is 30.3 Å². The second kappa shape index (κ2) is 7.96. The van der Waals surface area contributed by atoms with E-state index in [9.17, 15) is 22.7 Å². The Kier molecular flexibility index (Phi) is 5.06. The van der Waals surface area contributed by atoms with Gasteiger partial charge in [0.1, 0.15) is 11.5 Å². The van der Waals surface area contributed by atoms with Gasteiger partial charge in [0.05, 0.1) is 21.8 Å². The van der Waals surface area contributed by atoms with E-state index in [0.29, 0.717) is 38.8 Å². The minimum atomic E-state index is -3.75. The number of sulfonamides is 1. The number of H-pyrrole nitrogens is 1. The first-order valence-corrected chi connectivity index (χ1v) is 11.7. The summed E-state index contributed by atoms with van der Waals surface area (Å²) in [5, 5.41) is 10.9. The van der Waals surface area contributed by atoms with Gasteiger partial charge in [-0.3, -0.25) is 4.31 Å². The molecule has 0 aliphatic heterocycles. The number of aromatic carboxylic acids is 1. The predicted octanol–water partition coefficient (Wildman–Crippen LogP) is 5.05. The summed E-state index contributed by atoms with van der Waals surface area (Å²) in [5.41, 5.74) is 2.30. The number of hydrogen-bond acceptors (Lipinski definition) is 4.